The Labute approximate surface area is 127 Å². The van der Waals surface area contributed by atoms with Crippen molar-refractivity contribution in [1.29, 1.82) is 0 Å². The molecule has 21 heavy (non-hydrogen) atoms. The maximum absolute atomic E-state index is 11.8. The first-order valence-corrected chi connectivity index (χ1v) is 7.65. The van der Waals surface area contributed by atoms with Gasteiger partial charge in [-0.15, -0.1) is 0 Å². The molecule has 0 saturated carbocycles. The average Bonchev–Trinajstić information content (AvgIpc) is 2.40. The SMILES string of the molecule is CC(C)(C)OC(=O)Cc1ccc(CN2CCNCC2)cc1. The number of rotatable bonds is 4. The highest BCUT2D eigenvalue weighted by atomic mass is 16.6. The number of nitrogens with zero attached hydrogens (tertiary/aromatic N) is 1. The summed E-state index contributed by atoms with van der Waals surface area (Å²) in [5.41, 5.74) is 1.89. The van der Waals surface area contributed by atoms with Crippen molar-refractivity contribution in [3.8, 4) is 0 Å². The number of esters is 1. The Morgan fingerprint density at radius 1 is 1.14 bits per heavy atom. The number of benzene rings is 1. The summed E-state index contributed by atoms with van der Waals surface area (Å²) in [6, 6.07) is 8.28. The Morgan fingerprint density at radius 3 is 2.29 bits per heavy atom. The molecule has 0 spiro atoms. The van der Waals surface area contributed by atoms with Gasteiger partial charge in [0.1, 0.15) is 5.60 Å². The minimum Gasteiger partial charge on any atom is -0.460 e. The summed E-state index contributed by atoms with van der Waals surface area (Å²) >= 11 is 0. The van der Waals surface area contributed by atoms with Crippen molar-refractivity contribution >= 4 is 5.97 Å². The van der Waals surface area contributed by atoms with Gasteiger partial charge in [0.05, 0.1) is 6.42 Å². The van der Waals surface area contributed by atoms with E-state index in [0.717, 1.165) is 38.3 Å². The third kappa shape index (κ3) is 5.86. The Balaban J connectivity index is 1.85. The van der Waals surface area contributed by atoms with Crippen molar-refractivity contribution in [3.63, 3.8) is 0 Å². The molecule has 0 radical (unpaired) electrons. The Morgan fingerprint density at radius 2 is 1.71 bits per heavy atom. The molecule has 0 atom stereocenters. The second-order valence-corrected chi connectivity index (χ2v) is 6.61. The third-order valence-electron chi connectivity index (χ3n) is 3.41. The molecule has 116 valence electrons. The molecular weight excluding hydrogens is 264 g/mol. The lowest BCUT2D eigenvalue weighted by Gasteiger charge is -2.27. The van der Waals surface area contributed by atoms with E-state index in [1.807, 2.05) is 32.9 Å². The van der Waals surface area contributed by atoms with Crippen molar-refractivity contribution in [2.45, 2.75) is 39.3 Å². The van der Waals surface area contributed by atoms with Crippen molar-refractivity contribution < 1.29 is 9.53 Å². The smallest absolute Gasteiger partial charge is 0.310 e. The standard InChI is InChI=1S/C17H26N2O2/c1-17(2,3)21-16(20)12-14-4-6-15(7-5-14)13-19-10-8-18-9-11-19/h4-7,18H,8-13H2,1-3H3. The molecule has 1 saturated heterocycles. The van der Waals surface area contributed by atoms with Crippen LogP contribution < -0.4 is 5.32 Å². The number of carbonyl (C=O) groups is 1. The van der Waals surface area contributed by atoms with E-state index in [4.69, 9.17) is 4.74 Å². The highest BCUT2D eigenvalue weighted by Gasteiger charge is 2.16. The van der Waals surface area contributed by atoms with E-state index in [-0.39, 0.29) is 5.97 Å². The zero-order valence-electron chi connectivity index (χ0n) is 13.3. The van der Waals surface area contributed by atoms with E-state index in [1.54, 1.807) is 0 Å². The van der Waals surface area contributed by atoms with Crippen LogP contribution in [-0.2, 0) is 22.5 Å². The molecule has 1 heterocycles. The second-order valence-electron chi connectivity index (χ2n) is 6.61. The van der Waals surface area contributed by atoms with Crippen LogP contribution in [0.1, 0.15) is 31.9 Å². The zero-order valence-corrected chi connectivity index (χ0v) is 13.3. The fraction of sp³-hybridized carbons (Fsp3) is 0.588. The van der Waals surface area contributed by atoms with Gasteiger partial charge < -0.3 is 10.1 Å². The van der Waals surface area contributed by atoms with Crippen LogP contribution in [0, 0.1) is 0 Å². The normalized spacial score (nSPS) is 16.7. The summed E-state index contributed by atoms with van der Waals surface area (Å²) in [7, 11) is 0. The molecule has 1 fully saturated rings. The minimum absolute atomic E-state index is 0.169. The van der Waals surface area contributed by atoms with Gasteiger partial charge in [-0.05, 0) is 31.9 Å². The molecule has 1 aliphatic rings. The van der Waals surface area contributed by atoms with Gasteiger partial charge in [-0.2, -0.15) is 0 Å². The van der Waals surface area contributed by atoms with Crippen molar-refractivity contribution in [3.05, 3.63) is 35.4 Å². The van der Waals surface area contributed by atoms with Crippen LogP contribution in [-0.4, -0.2) is 42.6 Å². The van der Waals surface area contributed by atoms with Crippen molar-refractivity contribution in [2.24, 2.45) is 0 Å². The summed E-state index contributed by atoms with van der Waals surface area (Å²) in [5.74, 6) is -0.169. The molecule has 4 heteroatoms. The van der Waals surface area contributed by atoms with Gasteiger partial charge in [0.2, 0.25) is 0 Å². The number of hydrogen-bond acceptors (Lipinski definition) is 4. The maximum atomic E-state index is 11.8. The molecule has 4 nitrogen and oxygen atoms in total. The molecule has 1 N–H and O–H groups in total. The first-order chi connectivity index (χ1) is 9.92. The topological polar surface area (TPSA) is 41.6 Å². The van der Waals surface area contributed by atoms with Crippen LogP contribution in [0.3, 0.4) is 0 Å². The number of nitrogens with one attached hydrogen (secondary N) is 1. The van der Waals surface area contributed by atoms with Crippen molar-refractivity contribution in [2.75, 3.05) is 26.2 Å². The van der Waals surface area contributed by atoms with Crippen LogP contribution >= 0.6 is 0 Å². The Kier molecular flexibility index (Phi) is 5.37. The highest BCUT2D eigenvalue weighted by Crippen LogP contribution is 2.12. The van der Waals surface area contributed by atoms with Crippen LogP contribution in [0.5, 0.6) is 0 Å². The van der Waals surface area contributed by atoms with Gasteiger partial charge >= 0.3 is 5.97 Å². The predicted molar refractivity (Wildman–Crippen MR) is 84.1 cm³/mol. The number of hydrogen-bond donors (Lipinski definition) is 1. The van der Waals surface area contributed by atoms with E-state index < -0.39 is 5.60 Å². The average molecular weight is 290 g/mol. The van der Waals surface area contributed by atoms with Gasteiger partial charge in [-0.3, -0.25) is 9.69 Å². The van der Waals surface area contributed by atoms with Crippen LogP contribution in [0.4, 0.5) is 0 Å². The fourth-order valence-electron chi connectivity index (χ4n) is 2.43. The third-order valence-corrected chi connectivity index (χ3v) is 3.41. The summed E-state index contributed by atoms with van der Waals surface area (Å²) in [4.78, 5) is 14.2. The molecule has 0 bridgehead atoms. The first-order valence-electron chi connectivity index (χ1n) is 7.65. The molecule has 0 aromatic heterocycles. The van der Waals surface area contributed by atoms with Gasteiger partial charge in [-0.1, -0.05) is 24.3 Å². The molecule has 0 unspecified atom stereocenters. The van der Waals surface area contributed by atoms with E-state index in [1.165, 1.54) is 5.56 Å². The second kappa shape index (κ2) is 7.05. The molecule has 1 aromatic carbocycles. The summed E-state index contributed by atoms with van der Waals surface area (Å²) < 4.78 is 5.34. The monoisotopic (exact) mass is 290 g/mol. The van der Waals surface area contributed by atoms with E-state index >= 15 is 0 Å². The number of ether oxygens (including phenoxy) is 1. The quantitative estimate of drug-likeness (QED) is 0.861. The zero-order chi connectivity index (χ0) is 15.3. The van der Waals surface area contributed by atoms with Crippen LogP contribution in [0.15, 0.2) is 24.3 Å². The number of carbonyl (C=O) groups excluding carboxylic acids is 1. The summed E-state index contributed by atoms with van der Waals surface area (Å²) in [6.45, 7) is 11.0. The largest absolute Gasteiger partial charge is 0.460 e. The minimum atomic E-state index is -0.417. The van der Waals surface area contributed by atoms with Crippen LogP contribution in [0.25, 0.3) is 0 Å². The molecule has 1 aliphatic heterocycles. The van der Waals surface area contributed by atoms with E-state index in [9.17, 15) is 4.79 Å². The van der Waals surface area contributed by atoms with Crippen LogP contribution in [0.2, 0.25) is 0 Å². The van der Waals surface area contributed by atoms with Gasteiger partial charge in [-0.25, -0.2) is 0 Å². The molecule has 2 rings (SSSR count). The Bertz CT molecular complexity index is 457. The lowest BCUT2D eigenvalue weighted by Crippen LogP contribution is -2.42. The Hall–Kier alpha value is -1.39. The highest BCUT2D eigenvalue weighted by molar-refractivity contribution is 5.73. The van der Waals surface area contributed by atoms with Crippen molar-refractivity contribution in [1.82, 2.24) is 10.2 Å². The summed E-state index contributed by atoms with van der Waals surface area (Å²) in [5, 5.41) is 3.36. The lowest BCUT2D eigenvalue weighted by atomic mass is 10.1. The number of piperazine rings is 1. The predicted octanol–water partition coefficient (Wildman–Crippen LogP) is 1.98. The molecular formula is C17H26N2O2. The van der Waals surface area contributed by atoms with Gasteiger partial charge in [0.15, 0.2) is 0 Å². The first kappa shape index (κ1) is 16.0. The molecule has 0 amide bonds. The maximum Gasteiger partial charge on any atom is 0.310 e. The van der Waals surface area contributed by atoms with Gasteiger partial charge in [0, 0.05) is 32.7 Å². The molecule has 0 aliphatic carbocycles. The fourth-order valence-corrected chi connectivity index (χ4v) is 2.43. The van der Waals surface area contributed by atoms with E-state index in [2.05, 4.69) is 22.3 Å². The summed E-state index contributed by atoms with van der Waals surface area (Å²) in [6.07, 6.45) is 0.338. The molecule has 1 aromatic rings. The lowest BCUT2D eigenvalue weighted by molar-refractivity contribution is -0.153. The van der Waals surface area contributed by atoms with Gasteiger partial charge in [0.25, 0.3) is 0 Å². The van der Waals surface area contributed by atoms with E-state index in [0.29, 0.717) is 6.42 Å².